The standard InChI is InChI=1S/C20H22FN3O2/c21-19-5-2-6-20(18(19)14-22)23-15-16-3-1-4-17(13-16)26-12-9-24-7-10-25-11-8-24/h1-6,13,23H,7-12,15H2. The van der Waals surface area contributed by atoms with E-state index < -0.39 is 5.82 Å². The van der Waals surface area contributed by atoms with Crippen molar-refractivity contribution >= 4 is 5.69 Å². The Morgan fingerprint density at radius 3 is 2.81 bits per heavy atom. The van der Waals surface area contributed by atoms with Gasteiger partial charge in [0.25, 0.3) is 0 Å². The second-order valence-electron chi connectivity index (χ2n) is 6.08. The van der Waals surface area contributed by atoms with Gasteiger partial charge >= 0.3 is 0 Å². The third-order valence-electron chi connectivity index (χ3n) is 4.29. The Morgan fingerprint density at radius 1 is 1.19 bits per heavy atom. The molecule has 5 nitrogen and oxygen atoms in total. The van der Waals surface area contributed by atoms with Crippen LogP contribution in [0, 0.1) is 17.1 Å². The summed E-state index contributed by atoms with van der Waals surface area (Å²) in [4.78, 5) is 2.32. The molecule has 1 heterocycles. The number of ether oxygens (including phenoxy) is 2. The summed E-state index contributed by atoms with van der Waals surface area (Å²) in [5.41, 5.74) is 1.53. The van der Waals surface area contributed by atoms with Crippen molar-refractivity contribution in [2.24, 2.45) is 0 Å². The lowest BCUT2D eigenvalue weighted by Crippen LogP contribution is -2.38. The highest BCUT2D eigenvalue weighted by atomic mass is 19.1. The Labute approximate surface area is 152 Å². The number of anilines is 1. The van der Waals surface area contributed by atoms with Gasteiger partial charge in [-0.05, 0) is 29.8 Å². The van der Waals surface area contributed by atoms with E-state index in [4.69, 9.17) is 14.7 Å². The molecule has 1 aliphatic heterocycles. The average Bonchev–Trinajstić information content (AvgIpc) is 2.68. The second kappa shape index (κ2) is 9.18. The Kier molecular flexibility index (Phi) is 6.42. The number of hydrogen-bond acceptors (Lipinski definition) is 5. The lowest BCUT2D eigenvalue weighted by Gasteiger charge is -2.26. The van der Waals surface area contributed by atoms with Gasteiger partial charge in [-0.25, -0.2) is 4.39 Å². The normalized spacial score (nSPS) is 14.6. The van der Waals surface area contributed by atoms with Crippen LogP contribution in [0.15, 0.2) is 42.5 Å². The van der Waals surface area contributed by atoms with Gasteiger partial charge in [0.15, 0.2) is 0 Å². The Bertz CT molecular complexity index is 770. The predicted octanol–water partition coefficient (Wildman–Crippen LogP) is 3.02. The van der Waals surface area contributed by atoms with E-state index in [2.05, 4.69) is 10.2 Å². The van der Waals surface area contributed by atoms with Gasteiger partial charge in [0.1, 0.15) is 29.8 Å². The third kappa shape index (κ3) is 4.94. The maximum absolute atomic E-state index is 13.6. The molecular formula is C20H22FN3O2. The summed E-state index contributed by atoms with van der Waals surface area (Å²) in [5, 5.41) is 12.2. The monoisotopic (exact) mass is 355 g/mol. The van der Waals surface area contributed by atoms with Gasteiger partial charge in [-0.15, -0.1) is 0 Å². The van der Waals surface area contributed by atoms with Crippen molar-refractivity contribution in [3.8, 4) is 11.8 Å². The maximum Gasteiger partial charge on any atom is 0.143 e. The van der Waals surface area contributed by atoms with Crippen LogP contribution in [0.2, 0.25) is 0 Å². The summed E-state index contributed by atoms with van der Waals surface area (Å²) >= 11 is 0. The summed E-state index contributed by atoms with van der Waals surface area (Å²) in [6, 6.07) is 14.2. The zero-order valence-electron chi connectivity index (χ0n) is 14.6. The molecule has 1 saturated heterocycles. The molecule has 0 aromatic heterocycles. The number of halogens is 1. The highest BCUT2D eigenvalue weighted by Gasteiger charge is 2.10. The molecule has 0 atom stereocenters. The van der Waals surface area contributed by atoms with Crippen molar-refractivity contribution in [2.75, 3.05) is 44.8 Å². The fraction of sp³-hybridized carbons (Fsp3) is 0.350. The van der Waals surface area contributed by atoms with Crippen LogP contribution in [0.5, 0.6) is 5.75 Å². The van der Waals surface area contributed by atoms with E-state index >= 15 is 0 Å². The molecule has 3 rings (SSSR count). The number of benzene rings is 2. The van der Waals surface area contributed by atoms with Crippen molar-refractivity contribution in [3.05, 3.63) is 59.4 Å². The fourth-order valence-electron chi connectivity index (χ4n) is 2.84. The Balaban J connectivity index is 1.52. The van der Waals surface area contributed by atoms with Gasteiger partial charge in [-0.2, -0.15) is 5.26 Å². The van der Waals surface area contributed by atoms with Crippen molar-refractivity contribution < 1.29 is 13.9 Å². The molecule has 0 radical (unpaired) electrons. The van der Waals surface area contributed by atoms with Gasteiger partial charge in [-0.1, -0.05) is 18.2 Å². The van der Waals surface area contributed by atoms with Gasteiger partial charge in [0.05, 0.1) is 18.9 Å². The topological polar surface area (TPSA) is 57.5 Å². The van der Waals surface area contributed by atoms with Crippen LogP contribution in [0.1, 0.15) is 11.1 Å². The molecule has 0 saturated carbocycles. The number of rotatable bonds is 7. The molecule has 2 aromatic rings. The van der Waals surface area contributed by atoms with E-state index in [9.17, 15) is 4.39 Å². The van der Waals surface area contributed by atoms with Crippen LogP contribution in [0.4, 0.5) is 10.1 Å². The van der Waals surface area contributed by atoms with Crippen LogP contribution in [-0.2, 0) is 11.3 Å². The van der Waals surface area contributed by atoms with E-state index in [0.29, 0.717) is 18.8 Å². The summed E-state index contributed by atoms with van der Waals surface area (Å²) in [7, 11) is 0. The Hall–Kier alpha value is -2.62. The van der Waals surface area contributed by atoms with Crippen LogP contribution in [0.3, 0.4) is 0 Å². The molecule has 2 aromatic carbocycles. The maximum atomic E-state index is 13.6. The zero-order valence-corrected chi connectivity index (χ0v) is 14.6. The van der Waals surface area contributed by atoms with Crippen molar-refractivity contribution in [1.29, 1.82) is 5.26 Å². The number of morpholine rings is 1. The van der Waals surface area contributed by atoms with E-state index in [-0.39, 0.29) is 5.56 Å². The first-order chi connectivity index (χ1) is 12.8. The molecule has 136 valence electrons. The van der Waals surface area contributed by atoms with E-state index in [0.717, 1.165) is 44.2 Å². The van der Waals surface area contributed by atoms with Crippen molar-refractivity contribution in [3.63, 3.8) is 0 Å². The molecule has 0 amide bonds. The summed E-state index contributed by atoms with van der Waals surface area (Å²) in [5.74, 6) is 0.287. The number of nitrogens with zero attached hydrogens (tertiary/aromatic N) is 2. The minimum atomic E-state index is -0.516. The Morgan fingerprint density at radius 2 is 2.00 bits per heavy atom. The number of nitrogens with one attached hydrogen (secondary N) is 1. The molecule has 6 heteroatoms. The molecule has 0 aliphatic carbocycles. The van der Waals surface area contributed by atoms with E-state index in [1.165, 1.54) is 6.07 Å². The first kappa shape index (κ1) is 18.2. The molecule has 0 bridgehead atoms. The van der Waals surface area contributed by atoms with Crippen LogP contribution < -0.4 is 10.1 Å². The molecule has 1 N–H and O–H groups in total. The first-order valence-electron chi connectivity index (χ1n) is 8.70. The summed E-state index contributed by atoms with van der Waals surface area (Å²) in [6.45, 7) is 5.45. The van der Waals surface area contributed by atoms with Crippen LogP contribution >= 0.6 is 0 Å². The second-order valence-corrected chi connectivity index (χ2v) is 6.08. The molecule has 1 aliphatic rings. The van der Waals surface area contributed by atoms with Crippen molar-refractivity contribution in [2.45, 2.75) is 6.54 Å². The van der Waals surface area contributed by atoms with E-state index in [1.807, 2.05) is 30.3 Å². The highest BCUT2D eigenvalue weighted by Crippen LogP contribution is 2.20. The van der Waals surface area contributed by atoms with Gasteiger partial charge in [0, 0.05) is 26.2 Å². The lowest BCUT2D eigenvalue weighted by molar-refractivity contribution is 0.0322. The zero-order chi connectivity index (χ0) is 18.2. The van der Waals surface area contributed by atoms with Gasteiger partial charge < -0.3 is 14.8 Å². The largest absolute Gasteiger partial charge is 0.492 e. The highest BCUT2D eigenvalue weighted by molar-refractivity contribution is 5.58. The molecule has 26 heavy (non-hydrogen) atoms. The van der Waals surface area contributed by atoms with Gasteiger partial charge in [-0.3, -0.25) is 4.90 Å². The minimum absolute atomic E-state index is 0.0328. The molecule has 0 spiro atoms. The lowest BCUT2D eigenvalue weighted by atomic mass is 10.1. The van der Waals surface area contributed by atoms with Gasteiger partial charge in [0.2, 0.25) is 0 Å². The summed E-state index contributed by atoms with van der Waals surface area (Å²) in [6.07, 6.45) is 0. The minimum Gasteiger partial charge on any atom is -0.492 e. The SMILES string of the molecule is N#Cc1c(F)cccc1NCc1cccc(OCCN2CCOCC2)c1. The average molecular weight is 355 g/mol. The summed E-state index contributed by atoms with van der Waals surface area (Å²) < 4.78 is 24.8. The smallest absolute Gasteiger partial charge is 0.143 e. The molecule has 0 unspecified atom stereocenters. The first-order valence-corrected chi connectivity index (χ1v) is 8.70. The number of nitriles is 1. The third-order valence-corrected chi connectivity index (χ3v) is 4.29. The van der Waals surface area contributed by atoms with Crippen molar-refractivity contribution in [1.82, 2.24) is 4.90 Å². The molecular weight excluding hydrogens is 333 g/mol. The fourth-order valence-corrected chi connectivity index (χ4v) is 2.84. The van der Waals surface area contributed by atoms with Crippen LogP contribution in [-0.4, -0.2) is 44.4 Å². The van der Waals surface area contributed by atoms with E-state index in [1.54, 1.807) is 12.1 Å². The predicted molar refractivity (Wildman–Crippen MR) is 97.6 cm³/mol. The van der Waals surface area contributed by atoms with Crippen LogP contribution in [0.25, 0.3) is 0 Å². The number of hydrogen-bond donors (Lipinski definition) is 1. The molecule has 1 fully saturated rings. The quantitative estimate of drug-likeness (QED) is 0.827.